The van der Waals surface area contributed by atoms with Crippen LogP contribution in [0.3, 0.4) is 0 Å². The van der Waals surface area contributed by atoms with E-state index in [0.29, 0.717) is 11.3 Å². The maximum absolute atomic E-state index is 14.0. The minimum atomic E-state index is -0.751. The van der Waals surface area contributed by atoms with E-state index < -0.39 is 29.7 Å². The van der Waals surface area contributed by atoms with Crippen molar-refractivity contribution in [1.29, 1.82) is 0 Å². The summed E-state index contributed by atoms with van der Waals surface area (Å²) in [5, 5.41) is 12.5. The summed E-state index contributed by atoms with van der Waals surface area (Å²) >= 11 is 0. The Balaban J connectivity index is 1.80. The molecule has 2 aliphatic heterocycles. The standard InChI is InChI=1S/C18H14F2N2O3/c19-10-2-3-12(14(20)6-10)9-1-4-15-13(5-9)18(25)22-8-11(23)7-16(22)17(24)21-15/h1-6,11,16,23H,7-8H2,(H,21,24). The zero-order valence-electron chi connectivity index (χ0n) is 13.0. The van der Waals surface area contributed by atoms with E-state index in [1.165, 1.54) is 23.1 Å². The molecule has 0 radical (unpaired) electrons. The summed E-state index contributed by atoms with van der Waals surface area (Å²) in [4.78, 5) is 26.4. The molecule has 0 spiro atoms. The number of carbonyl (C=O) groups excluding carboxylic acids is 2. The Labute approximate surface area is 141 Å². The molecule has 2 aromatic carbocycles. The molecule has 2 amide bonds. The molecule has 128 valence electrons. The maximum atomic E-state index is 14.0. The van der Waals surface area contributed by atoms with E-state index in [2.05, 4.69) is 5.32 Å². The van der Waals surface area contributed by atoms with Crippen LogP contribution < -0.4 is 5.32 Å². The number of hydrogen-bond donors (Lipinski definition) is 2. The largest absolute Gasteiger partial charge is 0.391 e. The molecule has 0 aromatic heterocycles. The summed E-state index contributed by atoms with van der Waals surface area (Å²) in [5.41, 5.74) is 1.11. The minimum absolute atomic E-state index is 0.0749. The number of halogens is 2. The van der Waals surface area contributed by atoms with Crippen molar-refractivity contribution in [2.45, 2.75) is 18.6 Å². The van der Waals surface area contributed by atoms with Gasteiger partial charge in [-0.1, -0.05) is 6.07 Å². The van der Waals surface area contributed by atoms with Crippen molar-refractivity contribution in [1.82, 2.24) is 4.90 Å². The lowest BCUT2D eigenvalue weighted by molar-refractivity contribution is -0.119. The number of fused-ring (bicyclic) bond motifs is 2. The fourth-order valence-corrected chi connectivity index (χ4v) is 3.38. The first kappa shape index (κ1) is 15.7. The summed E-state index contributed by atoms with van der Waals surface area (Å²) in [7, 11) is 0. The monoisotopic (exact) mass is 344 g/mol. The highest BCUT2D eigenvalue weighted by Crippen LogP contribution is 2.33. The van der Waals surface area contributed by atoms with Crippen LogP contribution in [-0.4, -0.2) is 40.5 Å². The SMILES string of the molecule is O=C1Nc2ccc(-c3ccc(F)cc3F)cc2C(=O)N2CC(O)CC12. The molecule has 0 aliphatic carbocycles. The van der Waals surface area contributed by atoms with Gasteiger partial charge in [0.1, 0.15) is 17.7 Å². The molecular weight excluding hydrogens is 330 g/mol. The Morgan fingerprint density at radius 1 is 1.08 bits per heavy atom. The van der Waals surface area contributed by atoms with E-state index >= 15 is 0 Å². The summed E-state index contributed by atoms with van der Waals surface area (Å²) < 4.78 is 27.1. The maximum Gasteiger partial charge on any atom is 0.256 e. The van der Waals surface area contributed by atoms with Crippen LogP contribution in [0.4, 0.5) is 14.5 Å². The average Bonchev–Trinajstić information content (AvgIpc) is 2.93. The van der Waals surface area contributed by atoms with Crippen molar-refractivity contribution in [3.63, 3.8) is 0 Å². The first-order valence-electron chi connectivity index (χ1n) is 7.83. The summed E-state index contributed by atoms with van der Waals surface area (Å²) in [6.07, 6.45) is -0.565. The Kier molecular flexibility index (Phi) is 3.54. The number of benzene rings is 2. The van der Waals surface area contributed by atoms with Gasteiger partial charge in [0.05, 0.1) is 17.4 Å². The molecule has 5 nitrogen and oxygen atoms in total. The van der Waals surface area contributed by atoms with Crippen LogP contribution in [-0.2, 0) is 4.79 Å². The second-order valence-corrected chi connectivity index (χ2v) is 6.24. The fraction of sp³-hybridized carbons (Fsp3) is 0.222. The molecule has 0 saturated carbocycles. The van der Waals surface area contributed by atoms with Gasteiger partial charge in [0, 0.05) is 24.6 Å². The van der Waals surface area contributed by atoms with E-state index in [4.69, 9.17) is 0 Å². The van der Waals surface area contributed by atoms with Crippen molar-refractivity contribution in [2.24, 2.45) is 0 Å². The number of amides is 2. The van der Waals surface area contributed by atoms with Crippen LogP contribution in [0, 0.1) is 11.6 Å². The summed E-state index contributed by atoms with van der Waals surface area (Å²) in [5.74, 6) is -2.18. The van der Waals surface area contributed by atoms with Crippen molar-refractivity contribution in [3.8, 4) is 11.1 Å². The van der Waals surface area contributed by atoms with E-state index in [-0.39, 0.29) is 30.0 Å². The third-order valence-corrected chi connectivity index (χ3v) is 4.59. The molecule has 2 aliphatic rings. The second-order valence-electron chi connectivity index (χ2n) is 6.24. The normalized spacial score (nSPS) is 22.3. The predicted molar refractivity (Wildman–Crippen MR) is 85.9 cm³/mol. The Morgan fingerprint density at radius 2 is 1.88 bits per heavy atom. The van der Waals surface area contributed by atoms with E-state index in [0.717, 1.165) is 12.1 Å². The van der Waals surface area contributed by atoms with Crippen molar-refractivity contribution >= 4 is 17.5 Å². The van der Waals surface area contributed by atoms with Crippen molar-refractivity contribution < 1.29 is 23.5 Å². The van der Waals surface area contributed by atoms with Gasteiger partial charge in [-0.2, -0.15) is 0 Å². The van der Waals surface area contributed by atoms with Crippen LogP contribution >= 0.6 is 0 Å². The van der Waals surface area contributed by atoms with Crippen LogP contribution in [0.1, 0.15) is 16.8 Å². The number of rotatable bonds is 1. The van der Waals surface area contributed by atoms with Gasteiger partial charge in [-0.3, -0.25) is 9.59 Å². The third-order valence-electron chi connectivity index (χ3n) is 4.59. The Bertz CT molecular complexity index is 900. The highest BCUT2D eigenvalue weighted by molar-refractivity contribution is 6.10. The minimum Gasteiger partial charge on any atom is -0.391 e. The first-order chi connectivity index (χ1) is 11.9. The predicted octanol–water partition coefficient (Wildman–Crippen LogP) is 2.16. The van der Waals surface area contributed by atoms with Gasteiger partial charge < -0.3 is 15.3 Å². The van der Waals surface area contributed by atoms with Crippen LogP contribution in [0.25, 0.3) is 11.1 Å². The number of nitrogens with one attached hydrogen (secondary N) is 1. The molecule has 4 rings (SSSR count). The molecular formula is C18H14F2N2O3. The van der Waals surface area contributed by atoms with Gasteiger partial charge in [-0.05, 0) is 29.8 Å². The van der Waals surface area contributed by atoms with Crippen molar-refractivity contribution in [2.75, 3.05) is 11.9 Å². The smallest absolute Gasteiger partial charge is 0.256 e. The lowest BCUT2D eigenvalue weighted by Crippen LogP contribution is -2.40. The zero-order chi connectivity index (χ0) is 17.7. The molecule has 2 N–H and O–H groups in total. The number of hydrogen-bond acceptors (Lipinski definition) is 3. The number of carbonyl (C=O) groups is 2. The molecule has 2 unspecified atom stereocenters. The average molecular weight is 344 g/mol. The van der Waals surface area contributed by atoms with Gasteiger partial charge in [0.25, 0.3) is 5.91 Å². The molecule has 1 fully saturated rings. The number of nitrogens with zero attached hydrogens (tertiary/aromatic N) is 1. The Morgan fingerprint density at radius 3 is 2.64 bits per heavy atom. The van der Waals surface area contributed by atoms with Crippen molar-refractivity contribution in [3.05, 3.63) is 53.6 Å². The van der Waals surface area contributed by atoms with E-state index in [1.807, 2.05) is 0 Å². The lowest BCUT2D eigenvalue weighted by Gasteiger charge is -2.19. The molecule has 2 atom stereocenters. The van der Waals surface area contributed by atoms with Gasteiger partial charge in [0.2, 0.25) is 5.91 Å². The highest BCUT2D eigenvalue weighted by atomic mass is 19.1. The number of aliphatic hydroxyl groups is 1. The summed E-state index contributed by atoms with van der Waals surface area (Å²) in [6.45, 7) is 0.0749. The quantitative estimate of drug-likeness (QED) is 0.833. The first-order valence-corrected chi connectivity index (χ1v) is 7.83. The van der Waals surface area contributed by atoms with Crippen LogP contribution in [0.2, 0.25) is 0 Å². The fourth-order valence-electron chi connectivity index (χ4n) is 3.38. The molecule has 1 saturated heterocycles. The van der Waals surface area contributed by atoms with Crippen LogP contribution in [0.15, 0.2) is 36.4 Å². The molecule has 2 aromatic rings. The topological polar surface area (TPSA) is 69.6 Å². The Hall–Kier alpha value is -2.80. The molecule has 2 heterocycles. The highest BCUT2D eigenvalue weighted by Gasteiger charge is 2.42. The molecule has 7 heteroatoms. The lowest BCUT2D eigenvalue weighted by atomic mass is 10.0. The number of aliphatic hydroxyl groups excluding tert-OH is 1. The van der Waals surface area contributed by atoms with Crippen LogP contribution in [0.5, 0.6) is 0 Å². The van der Waals surface area contributed by atoms with Gasteiger partial charge >= 0.3 is 0 Å². The zero-order valence-corrected chi connectivity index (χ0v) is 13.0. The van der Waals surface area contributed by atoms with E-state index in [9.17, 15) is 23.5 Å². The summed E-state index contributed by atoms with van der Waals surface area (Å²) in [6, 6.07) is 7.06. The van der Waals surface area contributed by atoms with Gasteiger partial charge in [-0.25, -0.2) is 8.78 Å². The van der Waals surface area contributed by atoms with Gasteiger partial charge in [-0.15, -0.1) is 0 Å². The molecule has 25 heavy (non-hydrogen) atoms. The van der Waals surface area contributed by atoms with Gasteiger partial charge in [0.15, 0.2) is 0 Å². The second kappa shape index (κ2) is 5.63. The molecule has 0 bridgehead atoms. The third kappa shape index (κ3) is 2.56. The van der Waals surface area contributed by atoms with E-state index in [1.54, 1.807) is 6.07 Å². The number of anilines is 1.